The van der Waals surface area contributed by atoms with E-state index >= 15 is 0 Å². The fourth-order valence-electron chi connectivity index (χ4n) is 2.62. The lowest BCUT2D eigenvalue weighted by molar-refractivity contribution is 0.0655. The van der Waals surface area contributed by atoms with Crippen LogP contribution in [0.15, 0.2) is 48.5 Å². The predicted octanol–water partition coefficient (Wildman–Crippen LogP) is 5.05. The Kier molecular flexibility index (Phi) is 5.69. The quantitative estimate of drug-likeness (QED) is 0.611. The molecular weight excluding hydrogens is 344 g/mol. The fraction of sp³-hybridized carbons (Fsp3) is 0.333. The molecule has 5 heteroatoms. The molecule has 136 valence electrons. The molecule has 2 aromatic carbocycles. The Morgan fingerprint density at radius 2 is 1.81 bits per heavy atom. The Hall–Kier alpha value is -2.24. The van der Waals surface area contributed by atoms with Crippen LogP contribution in [0.1, 0.15) is 47.7 Å². The van der Waals surface area contributed by atoms with Gasteiger partial charge in [0.25, 0.3) is 5.91 Å². The summed E-state index contributed by atoms with van der Waals surface area (Å²) >= 11 is 1.64. The zero-order valence-corrected chi connectivity index (χ0v) is 16.4. The predicted molar refractivity (Wildman–Crippen MR) is 106 cm³/mol. The second-order valence-corrected chi connectivity index (χ2v) is 7.73. The molecule has 0 aliphatic rings. The van der Waals surface area contributed by atoms with E-state index in [1.165, 1.54) is 0 Å². The first-order valence-corrected chi connectivity index (χ1v) is 9.60. The highest BCUT2D eigenvalue weighted by molar-refractivity contribution is 7.18. The van der Waals surface area contributed by atoms with Crippen LogP contribution in [0.3, 0.4) is 0 Å². The van der Waals surface area contributed by atoms with Crippen LogP contribution in [0.5, 0.6) is 0 Å². The molecule has 1 atom stereocenters. The van der Waals surface area contributed by atoms with Gasteiger partial charge < -0.3 is 9.64 Å². The van der Waals surface area contributed by atoms with Gasteiger partial charge in [0.1, 0.15) is 5.01 Å². The van der Waals surface area contributed by atoms with Gasteiger partial charge in [0.05, 0.1) is 29.0 Å². The van der Waals surface area contributed by atoms with E-state index in [1.54, 1.807) is 16.2 Å². The summed E-state index contributed by atoms with van der Waals surface area (Å²) in [6, 6.07) is 15.6. The number of thiazole rings is 1. The Morgan fingerprint density at radius 1 is 1.12 bits per heavy atom. The van der Waals surface area contributed by atoms with Crippen LogP contribution >= 0.6 is 11.3 Å². The van der Waals surface area contributed by atoms with E-state index < -0.39 is 0 Å². The number of benzene rings is 2. The van der Waals surface area contributed by atoms with E-state index in [0.717, 1.165) is 20.8 Å². The molecule has 0 fully saturated rings. The van der Waals surface area contributed by atoms with Crippen LogP contribution in [-0.4, -0.2) is 28.9 Å². The Morgan fingerprint density at radius 3 is 2.46 bits per heavy atom. The summed E-state index contributed by atoms with van der Waals surface area (Å²) in [4.78, 5) is 19.2. The van der Waals surface area contributed by atoms with Gasteiger partial charge in [-0.25, -0.2) is 4.98 Å². The molecule has 0 aliphatic carbocycles. The Bertz CT molecular complexity index is 853. The topological polar surface area (TPSA) is 42.4 Å². The van der Waals surface area contributed by atoms with E-state index in [-0.39, 0.29) is 18.1 Å². The molecule has 0 bridgehead atoms. The van der Waals surface area contributed by atoms with Crippen LogP contribution in [0.25, 0.3) is 10.2 Å². The summed E-state index contributed by atoms with van der Waals surface area (Å²) in [5.41, 5.74) is 2.72. The van der Waals surface area contributed by atoms with E-state index in [9.17, 15) is 4.79 Å². The first-order chi connectivity index (χ1) is 12.5. The lowest BCUT2D eigenvalue weighted by atomic mass is 10.1. The largest absolute Gasteiger partial charge is 0.374 e. The first-order valence-electron chi connectivity index (χ1n) is 8.79. The average Bonchev–Trinajstić information content (AvgIpc) is 3.09. The van der Waals surface area contributed by atoms with E-state index in [0.29, 0.717) is 12.2 Å². The molecule has 1 heterocycles. The summed E-state index contributed by atoms with van der Waals surface area (Å²) in [5.74, 6) is -0.00640. The summed E-state index contributed by atoms with van der Waals surface area (Å²) in [6.45, 7) is 6.59. The van der Waals surface area contributed by atoms with E-state index in [1.807, 2.05) is 70.3 Å². The van der Waals surface area contributed by atoms with Crippen molar-refractivity contribution in [2.24, 2.45) is 0 Å². The standard InChI is InChI=1S/C21H24N2O2S/c1-14(2)25-13-16-9-11-17(12-10-16)21(24)23(4)15(3)20-22-18-7-5-6-8-19(18)26-20/h5-12,14-15H,13H2,1-4H3/t15-/m1/s1. The van der Waals surface area contributed by atoms with Crippen LogP contribution < -0.4 is 0 Å². The van der Waals surface area contributed by atoms with Crippen molar-refractivity contribution < 1.29 is 9.53 Å². The van der Waals surface area contributed by atoms with Gasteiger partial charge in [0, 0.05) is 12.6 Å². The summed E-state index contributed by atoms with van der Waals surface area (Å²) in [5, 5.41) is 0.948. The molecule has 0 saturated heterocycles. The molecule has 0 saturated carbocycles. The first kappa shape index (κ1) is 18.5. The molecule has 26 heavy (non-hydrogen) atoms. The number of rotatable bonds is 6. The van der Waals surface area contributed by atoms with Gasteiger partial charge in [-0.1, -0.05) is 24.3 Å². The van der Waals surface area contributed by atoms with Gasteiger partial charge in [-0.3, -0.25) is 4.79 Å². The highest BCUT2D eigenvalue weighted by Crippen LogP contribution is 2.29. The zero-order chi connectivity index (χ0) is 18.7. The molecule has 3 rings (SSSR count). The third kappa shape index (κ3) is 4.11. The number of amides is 1. The second kappa shape index (κ2) is 7.98. The average molecular weight is 369 g/mol. The molecule has 0 aliphatic heterocycles. The normalized spacial score (nSPS) is 12.5. The maximum Gasteiger partial charge on any atom is 0.254 e. The van der Waals surface area contributed by atoms with Crippen LogP contribution in [0.4, 0.5) is 0 Å². The van der Waals surface area contributed by atoms with Gasteiger partial charge in [0.2, 0.25) is 0 Å². The Balaban J connectivity index is 1.71. The SMILES string of the molecule is CC(C)OCc1ccc(C(=O)N(C)[C@H](C)c2nc3ccccc3s2)cc1. The van der Waals surface area contributed by atoms with Gasteiger partial charge in [-0.15, -0.1) is 11.3 Å². The fourth-order valence-corrected chi connectivity index (χ4v) is 3.68. The molecule has 0 N–H and O–H groups in total. The van der Waals surface area contributed by atoms with Crippen molar-refractivity contribution in [1.29, 1.82) is 0 Å². The lowest BCUT2D eigenvalue weighted by Crippen LogP contribution is -2.29. The summed E-state index contributed by atoms with van der Waals surface area (Å²) in [6.07, 6.45) is 0.192. The third-order valence-electron chi connectivity index (χ3n) is 4.35. The number of carbonyl (C=O) groups is 1. The molecular formula is C21H24N2O2S. The van der Waals surface area contributed by atoms with Crippen molar-refractivity contribution in [1.82, 2.24) is 9.88 Å². The summed E-state index contributed by atoms with van der Waals surface area (Å²) in [7, 11) is 1.83. The van der Waals surface area contributed by atoms with Crippen LogP contribution in [0, 0.1) is 0 Å². The maximum absolute atomic E-state index is 12.8. The van der Waals surface area contributed by atoms with Crippen molar-refractivity contribution in [2.75, 3.05) is 7.05 Å². The maximum atomic E-state index is 12.8. The number of ether oxygens (including phenoxy) is 1. The molecule has 0 spiro atoms. The molecule has 3 aromatic rings. The molecule has 0 unspecified atom stereocenters. The number of fused-ring (bicyclic) bond motifs is 1. The number of hydrogen-bond donors (Lipinski definition) is 0. The Labute approximate surface area is 158 Å². The summed E-state index contributed by atoms with van der Waals surface area (Å²) < 4.78 is 6.74. The zero-order valence-electron chi connectivity index (χ0n) is 15.6. The van der Waals surface area contributed by atoms with Crippen LogP contribution in [-0.2, 0) is 11.3 Å². The van der Waals surface area contributed by atoms with Gasteiger partial charge >= 0.3 is 0 Å². The minimum Gasteiger partial charge on any atom is -0.374 e. The second-order valence-electron chi connectivity index (χ2n) is 6.67. The minimum absolute atomic E-state index is 0.00640. The van der Waals surface area contributed by atoms with Gasteiger partial charge in [-0.2, -0.15) is 0 Å². The monoisotopic (exact) mass is 368 g/mol. The van der Waals surface area contributed by atoms with Crippen molar-refractivity contribution in [3.8, 4) is 0 Å². The molecule has 1 amide bonds. The van der Waals surface area contributed by atoms with E-state index in [4.69, 9.17) is 4.74 Å². The highest BCUT2D eigenvalue weighted by atomic mass is 32.1. The number of nitrogens with zero attached hydrogens (tertiary/aromatic N) is 2. The highest BCUT2D eigenvalue weighted by Gasteiger charge is 2.21. The number of carbonyl (C=O) groups excluding carboxylic acids is 1. The third-order valence-corrected chi connectivity index (χ3v) is 5.56. The van der Waals surface area contributed by atoms with E-state index in [2.05, 4.69) is 11.1 Å². The molecule has 0 radical (unpaired) electrons. The van der Waals surface area contributed by atoms with Crippen LogP contribution in [0.2, 0.25) is 0 Å². The van der Waals surface area contributed by atoms with Gasteiger partial charge in [-0.05, 0) is 50.6 Å². The van der Waals surface area contributed by atoms with Crippen molar-refractivity contribution in [3.05, 3.63) is 64.7 Å². The van der Waals surface area contributed by atoms with Crippen molar-refractivity contribution in [2.45, 2.75) is 39.5 Å². The minimum atomic E-state index is -0.0798. The molecule has 4 nitrogen and oxygen atoms in total. The van der Waals surface area contributed by atoms with Crippen molar-refractivity contribution in [3.63, 3.8) is 0 Å². The lowest BCUT2D eigenvalue weighted by Gasteiger charge is -2.23. The van der Waals surface area contributed by atoms with Gasteiger partial charge in [0.15, 0.2) is 0 Å². The number of hydrogen-bond acceptors (Lipinski definition) is 4. The number of aromatic nitrogens is 1. The van der Waals surface area contributed by atoms with Crippen molar-refractivity contribution >= 4 is 27.5 Å². The number of para-hydroxylation sites is 1. The molecule has 1 aromatic heterocycles. The smallest absolute Gasteiger partial charge is 0.254 e.